The van der Waals surface area contributed by atoms with E-state index in [-0.39, 0.29) is 6.03 Å². The molecule has 3 fully saturated rings. The van der Waals surface area contributed by atoms with E-state index in [0.29, 0.717) is 5.41 Å². The lowest BCUT2D eigenvalue weighted by atomic mass is 9.72. The number of fused-ring (bicyclic) bond motifs is 3. The van der Waals surface area contributed by atoms with Crippen molar-refractivity contribution < 1.29 is 4.79 Å². The summed E-state index contributed by atoms with van der Waals surface area (Å²) in [7, 11) is 0. The van der Waals surface area contributed by atoms with Gasteiger partial charge in [0.2, 0.25) is 0 Å². The SMILES string of the molecule is O=C(NCC12CCN(CC1)CC2)Nc1ccsc1-c1ccccc1. The number of benzene rings is 1. The standard InChI is InChI=1S/C19H23N3OS/c23-18(20-14-19-7-10-22(11-8-19)12-9-19)21-16-6-13-24-17(16)15-4-2-1-3-5-15/h1-6,13H,7-12,14H2,(H2,20,21,23). The van der Waals surface area contributed by atoms with Crippen LogP contribution in [0.5, 0.6) is 0 Å². The van der Waals surface area contributed by atoms with Gasteiger partial charge in [0.15, 0.2) is 0 Å². The van der Waals surface area contributed by atoms with Gasteiger partial charge in [0.1, 0.15) is 0 Å². The van der Waals surface area contributed by atoms with Crippen LogP contribution in [-0.4, -0.2) is 37.1 Å². The summed E-state index contributed by atoms with van der Waals surface area (Å²) in [5.41, 5.74) is 2.35. The van der Waals surface area contributed by atoms with Gasteiger partial charge in [-0.1, -0.05) is 30.3 Å². The maximum absolute atomic E-state index is 12.4. The summed E-state index contributed by atoms with van der Waals surface area (Å²) in [6, 6.07) is 12.1. The molecule has 126 valence electrons. The lowest BCUT2D eigenvalue weighted by molar-refractivity contribution is 0.0288. The number of thiophene rings is 1. The zero-order valence-corrected chi connectivity index (χ0v) is 14.6. The topological polar surface area (TPSA) is 44.4 Å². The van der Waals surface area contributed by atoms with Crippen LogP contribution in [0, 0.1) is 5.41 Å². The van der Waals surface area contributed by atoms with E-state index in [1.54, 1.807) is 11.3 Å². The number of hydrogen-bond acceptors (Lipinski definition) is 3. The summed E-state index contributed by atoms with van der Waals surface area (Å²) < 4.78 is 0. The first-order valence-corrected chi connectivity index (χ1v) is 9.52. The van der Waals surface area contributed by atoms with Crippen LogP contribution in [0.3, 0.4) is 0 Å². The molecule has 0 spiro atoms. The molecule has 0 atom stereocenters. The van der Waals surface area contributed by atoms with Gasteiger partial charge in [0.05, 0.1) is 10.6 Å². The average molecular weight is 341 g/mol. The number of anilines is 1. The number of urea groups is 1. The minimum Gasteiger partial charge on any atom is -0.337 e. The molecule has 3 aliphatic rings. The molecule has 24 heavy (non-hydrogen) atoms. The third-order valence-corrected chi connectivity index (χ3v) is 6.41. The summed E-state index contributed by atoms with van der Waals surface area (Å²) >= 11 is 1.65. The van der Waals surface area contributed by atoms with Crippen LogP contribution in [0.25, 0.3) is 10.4 Å². The predicted molar refractivity (Wildman–Crippen MR) is 99.5 cm³/mol. The lowest BCUT2D eigenvalue weighted by Crippen LogP contribution is -2.53. The molecule has 1 aromatic heterocycles. The average Bonchev–Trinajstić information content (AvgIpc) is 3.10. The van der Waals surface area contributed by atoms with E-state index in [1.807, 2.05) is 29.6 Å². The van der Waals surface area contributed by atoms with Crippen molar-refractivity contribution in [2.24, 2.45) is 5.41 Å². The molecule has 2 N–H and O–H groups in total. The van der Waals surface area contributed by atoms with Crippen LogP contribution in [0.15, 0.2) is 41.8 Å². The minimum atomic E-state index is -0.0899. The Morgan fingerprint density at radius 1 is 1.08 bits per heavy atom. The Labute approximate surface area is 146 Å². The van der Waals surface area contributed by atoms with Gasteiger partial charge in [-0.25, -0.2) is 4.79 Å². The van der Waals surface area contributed by atoms with Crippen LogP contribution in [0.1, 0.15) is 19.3 Å². The summed E-state index contributed by atoms with van der Waals surface area (Å²) in [5, 5.41) is 8.18. The zero-order valence-electron chi connectivity index (χ0n) is 13.8. The highest BCUT2D eigenvalue weighted by Crippen LogP contribution is 2.39. The quantitative estimate of drug-likeness (QED) is 0.882. The summed E-state index contributed by atoms with van der Waals surface area (Å²) in [6.07, 6.45) is 3.63. The van der Waals surface area contributed by atoms with E-state index in [0.717, 1.165) is 22.7 Å². The van der Waals surface area contributed by atoms with Crippen molar-refractivity contribution in [3.05, 3.63) is 41.8 Å². The Kier molecular flexibility index (Phi) is 4.29. The molecule has 2 aromatic rings. The molecule has 2 bridgehead atoms. The van der Waals surface area contributed by atoms with Gasteiger partial charge in [0, 0.05) is 6.54 Å². The number of piperidine rings is 3. The molecule has 5 heteroatoms. The fraction of sp³-hybridized carbons (Fsp3) is 0.421. The van der Waals surface area contributed by atoms with Crippen molar-refractivity contribution in [2.75, 3.05) is 31.5 Å². The number of hydrogen-bond donors (Lipinski definition) is 2. The van der Waals surface area contributed by atoms with Gasteiger partial charge in [-0.05, 0) is 61.3 Å². The van der Waals surface area contributed by atoms with E-state index >= 15 is 0 Å². The second-order valence-corrected chi connectivity index (χ2v) is 7.84. The van der Waals surface area contributed by atoms with Gasteiger partial charge in [-0.15, -0.1) is 11.3 Å². The molecule has 0 radical (unpaired) electrons. The summed E-state index contributed by atoms with van der Waals surface area (Å²) in [5.74, 6) is 0. The van der Waals surface area contributed by atoms with Crippen LogP contribution < -0.4 is 10.6 Å². The number of nitrogens with zero attached hydrogens (tertiary/aromatic N) is 1. The molecule has 4 nitrogen and oxygen atoms in total. The van der Waals surface area contributed by atoms with Crippen molar-refractivity contribution in [1.82, 2.24) is 10.2 Å². The van der Waals surface area contributed by atoms with Gasteiger partial charge in [-0.2, -0.15) is 0 Å². The fourth-order valence-electron chi connectivity index (χ4n) is 3.82. The third-order valence-electron chi connectivity index (χ3n) is 5.45. The maximum Gasteiger partial charge on any atom is 0.319 e. The number of amides is 2. The number of carbonyl (C=O) groups excluding carboxylic acids is 1. The fourth-order valence-corrected chi connectivity index (χ4v) is 4.67. The Morgan fingerprint density at radius 3 is 2.50 bits per heavy atom. The van der Waals surface area contributed by atoms with Crippen LogP contribution >= 0.6 is 11.3 Å². The molecule has 1 aromatic carbocycles. The molecule has 4 heterocycles. The van der Waals surface area contributed by atoms with Crippen LogP contribution in [0.2, 0.25) is 0 Å². The first kappa shape index (κ1) is 15.7. The Balaban J connectivity index is 1.38. The molecule has 3 aliphatic heterocycles. The van der Waals surface area contributed by atoms with Crippen LogP contribution in [0.4, 0.5) is 10.5 Å². The molecule has 0 saturated carbocycles. The zero-order chi connectivity index (χ0) is 16.4. The second-order valence-electron chi connectivity index (χ2n) is 6.93. The normalized spacial score (nSPS) is 25.4. The first-order chi connectivity index (χ1) is 11.7. The Hall–Kier alpha value is -1.85. The van der Waals surface area contributed by atoms with E-state index in [1.165, 1.54) is 38.9 Å². The van der Waals surface area contributed by atoms with E-state index < -0.39 is 0 Å². The van der Waals surface area contributed by atoms with E-state index in [9.17, 15) is 4.79 Å². The molecule has 3 saturated heterocycles. The smallest absolute Gasteiger partial charge is 0.319 e. The first-order valence-electron chi connectivity index (χ1n) is 8.64. The highest BCUT2D eigenvalue weighted by molar-refractivity contribution is 7.14. The predicted octanol–water partition coefficient (Wildman–Crippen LogP) is 4.02. The molecular weight excluding hydrogens is 318 g/mol. The van der Waals surface area contributed by atoms with Crippen LogP contribution in [-0.2, 0) is 0 Å². The molecule has 2 amide bonds. The molecule has 0 unspecified atom stereocenters. The van der Waals surface area contributed by atoms with Crippen molar-refractivity contribution in [3.8, 4) is 10.4 Å². The summed E-state index contributed by atoms with van der Waals surface area (Å²) in [4.78, 5) is 16.0. The maximum atomic E-state index is 12.4. The lowest BCUT2D eigenvalue weighted by Gasteiger charge is -2.48. The number of carbonyl (C=O) groups is 1. The third kappa shape index (κ3) is 3.19. The van der Waals surface area contributed by atoms with Gasteiger partial charge in [0.25, 0.3) is 0 Å². The van der Waals surface area contributed by atoms with E-state index in [2.05, 4.69) is 27.7 Å². The molecule has 0 aliphatic carbocycles. The van der Waals surface area contributed by atoms with Crippen molar-refractivity contribution in [2.45, 2.75) is 19.3 Å². The highest BCUT2D eigenvalue weighted by atomic mass is 32.1. The van der Waals surface area contributed by atoms with Gasteiger partial charge < -0.3 is 15.5 Å². The second kappa shape index (κ2) is 6.57. The van der Waals surface area contributed by atoms with Crippen molar-refractivity contribution in [1.29, 1.82) is 0 Å². The molecular formula is C19H23N3OS. The number of rotatable bonds is 4. The Morgan fingerprint density at radius 2 is 1.79 bits per heavy atom. The van der Waals surface area contributed by atoms with Crippen molar-refractivity contribution >= 4 is 23.1 Å². The number of nitrogens with one attached hydrogen (secondary N) is 2. The monoisotopic (exact) mass is 341 g/mol. The highest BCUT2D eigenvalue weighted by Gasteiger charge is 2.39. The van der Waals surface area contributed by atoms with E-state index in [4.69, 9.17) is 0 Å². The summed E-state index contributed by atoms with van der Waals surface area (Å²) in [6.45, 7) is 4.35. The largest absolute Gasteiger partial charge is 0.337 e. The van der Waals surface area contributed by atoms with Gasteiger partial charge >= 0.3 is 6.03 Å². The van der Waals surface area contributed by atoms with Crippen molar-refractivity contribution in [3.63, 3.8) is 0 Å². The Bertz CT molecular complexity index is 691. The minimum absolute atomic E-state index is 0.0899. The molecule has 5 rings (SSSR count). The van der Waals surface area contributed by atoms with Gasteiger partial charge in [-0.3, -0.25) is 0 Å².